The number of amides is 1. The van der Waals surface area contributed by atoms with Gasteiger partial charge in [0.25, 0.3) is 0 Å². The van der Waals surface area contributed by atoms with Crippen molar-refractivity contribution in [2.24, 2.45) is 5.92 Å². The number of carboxylic acid groups (broad SMARTS) is 1. The molecule has 1 aromatic rings. The van der Waals surface area contributed by atoms with E-state index in [4.69, 9.17) is 4.74 Å². The van der Waals surface area contributed by atoms with Crippen molar-refractivity contribution < 1.29 is 19.4 Å². The summed E-state index contributed by atoms with van der Waals surface area (Å²) in [6.07, 6.45) is 0.00681. The van der Waals surface area contributed by atoms with Gasteiger partial charge in [0.2, 0.25) is 5.91 Å². The van der Waals surface area contributed by atoms with Crippen LogP contribution in [0.3, 0.4) is 0 Å². The van der Waals surface area contributed by atoms with Crippen molar-refractivity contribution in [2.45, 2.75) is 19.4 Å². The molecule has 1 aromatic carbocycles. The largest absolute Gasteiger partial charge is 0.550 e. The van der Waals surface area contributed by atoms with Gasteiger partial charge in [-0.05, 0) is 24.6 Å². The number of benzene rings is 1. The van der Waals surface area contributed by atoms with Gasteiger partial charge in [-0.2, -0.15) is 0 Å². The molecule has 2 rings (SSSR count). The summed E-state index contributed by atoms with van der Waals surface area (Å²) in [4.78, 5) is 24.6. The van der Waals surface area contributed by atoms with Crippen molar-refractivity contribution in [2.75, 3.05) is 13.7 Å². The second-order valence-corrected chi connectivity index (χ2v) is 4.53. The highest BCUT2D eigenvalue weighted by Crippen LogP contribution is 2.38. The van der Waals surface area contributed by atoms with E-state index in [0.717, 1.165) is 5.56 Å². The molecule has 1 aliphatic heterocycles. The number of carboxylic acids is 1. The summed E-state index contributed by atoms with van der Waals surface area (Å²) in [6, 6.07) is 6.66. The highest BCUT2D eigenvalue weighted by molar-refractivity contribution is 5.86. The first kappa shape index (κ1) is 13.4. The molecule has 0 unspecified atom stereocenters. The Bertz CT molecular complexity index is 483. The van der Waals surface area contributed by atoms with Gasteiger partial charge in [0, 0.05) is 24.9 Å². The van der Waals surface area contributed by atoms with Crippen LogP contribution in [0.4, 0.5) is 0 Å². The normalized spacial score (nSPS) is 22.6. The number of aliphatic carboxylic acids is 1. The van der Waals surface area contributed by atoms with Crippen molar-refractivity contribution >= 4 is 11.9 Å². The Hall–Kier alpha value is -2.04. The predicted molar refractivity (Wildman–Crippen MR) is 66.2 cm³/mol. The van der Waals surface area contributed by atoms with E-state index in [-0.39, 0.29) is 12.3 Å². The Balaban J connectivity index is 2.36. The number of hydrogen-bond donors (Lipinski definition) is 0. The number of methoxy groups -OCH3 is 1. The Morgan fingerprint density at radius 1 is 1.42 bits per heavy atom. The van der Waals surface area contributed by atoms with Gasteiger partial charge in [0.05, 0.1) is 13.2 Å². The zero-order valence-electron chi connectivity index (χ0n) is 11.0. The van der Waals surface area contributed by atoms with Crippen molar-refractivity contribution in [3.8, 4) is 5.75 Å². The standard InChI is InChI=1S/C14H17NO4/c1-3-15-12(16)8-11(14(17)18)13(15)9-4-6-10(19-2)7-5-9/h4-7,11,13H,3,8H2,1-2H3,(H,17,18)/p-1/t11-,13+/m1/s1. The lowest BCUT2D eigenvalue weighted by Crippen LogP contribution is -2.36. The number of carbonyl (C=O) groups is 2. The SMILES string of the molecule is CCN1C(=O)C[C@@H](C(=O)[O-])[C@@H]1c1ccc(OC)cc1. The fraction of sp³-hybridized carbons (Fsp3) is 0.429. The number of likely N-dealkylation sites (tertiary alicyclic amines) is 1. The molecule has 0 radical (unpaired) electrons. The maximum atomic E-state index is 11.8. The second-order valence-electron chi connectivity index (χ2n) is 4.53. The molecule has 1 heterocycles. The molecule has 5 heteroatoms. The van der Waals surface area contributed by atoms with Crippen molar-refractivity contribution in [1.82, 2.24) is 4.90 Å². The number of carbonyl (C=O) groups excluding carboxylic acids is 2. The fourth-order valence-electron chi connectivity index (χ4n) is 2.59. The fourth-order valence-corrected chi connectivity index (χ4v) is 2.59. The summed E-state index contributed by atoms with van der Waals surface area (Å²) in [5, 5.41) is 11.2. The monoisotopic (exact) mass is 262 g/mol. The lowest BCUT2D eigenvalue weighted by atomic mass is 9.93. The molecule has 0 spiro atoms. The molecule has 0 N–H and O–H groups in total. The van der Waals surface area contributed by atoms with Crippen molar-refractivity contribution in [1.29, 1.82) is 0 Å². The van der Waals surface area contributed by atoms with E-state index in [1.54, 1.807) is 36.3 Å². The van der Waals surface area contributed by atoms with Gasteiger partial charge < -0.3 is 19.5 Å². The van der Waals surface area contributed by atoms with Crippen LogP contribution >= 0.6 is 0 Å². The van der Waals surface area contributed by atoms with Crippen LogP contribution in [0.2, 0.25) is 0 Å². The maximum Gasteiger partial charge on any atom is 0.223 e. The van der Waals surface area contributed by atoms with E-state index in [1.807, 2.05) is 6.92 Å². The van der Waals surface area contributed by atoms with E-state index in [0.29, 0.717) is 12.3 Å². The van der Waals surface area contributed by atoms with E-state index in [2.05, 4.69) is 0 Å². The Kier molecular flexibility index (Phi) is 3.74. The average molecular weight is 262 g/mol. The molecular weight excluding hydrogens is 246 g/mol. The Morgan fingerprint density at radius 2 is 2.05 bits per heavy atom. The van der Waals surface area contributed by atoms with Crippen molar-refractivity contribution in [3.63, 3.8) is 0 Å². The van der Waals surface area contributed by atoms with Crippen LogP contribution in [0.25, 0.3) is 0 Å². The Morgan fingerprint density at radius 3 is 2.53 bits per heavy atom. The molecule has 1 aliphatic rings. The minimum atomic E-state index is -1.18. The first-order chi connectivity index (χ1) is 9.08. The Labute approximate surface area is 111 Å². The zero-order valence-corrected chi connectivity index (χ0v) is 11.0. The molecule has 1 fully saturated rings. The van der Waals surface area contributed by atoms with Crippen LogP contribution in [-0.2, 0) is 9.59 Å². The quantitative estimate of drug-likeness (QED) is 0.785. The lowest BCUT2D eigenvalue weighted by Gasteiger charge is -2.28. The van der Waals surface area contributed by atoms with Crippen LogP contribution in [0.5, 0.6) is 5.75 Å². The summed E-state index contributed by atoms with van der Waals surface area (Å²) in [6.45, 7) is 2.32. The van der Waals surface area contributed by atoms with Gasteiger partial charge >= 0.3 is 0 Å². The van der Waals surface area contributed by atoms with E-state index in [9.17, 15) is 14.7 Å². The second kappa shape index (κ2) is 5.30. The topological polar surface area (TPSA) is 69.7 Å². The van der Waals surface area contributed by atoms with Crippen LogP contribution in [-0.4, -0.2) is 30.4 Å². The molecule has 0 aliphatic carbocycles. The molecule has 19 heavy (non-hydrogen) atoms. The zero-order chi connectivity index (χ0) is 14.0. The molecule has 0 saturated carbocycles. The van der Waals surface area contributed by atoms with E-state index < -0.39 is 17.9 Å². The summed E-state index contributed by atoms with van der Waals surface area (Å²) in [5.74, 6) is -1.41. The number of nitrogens with zero attached hydrogens (tertiary/aromatic N) is 1. The van der Waals surface area contributed by atoms with Crippen LogP contribution in [0.1, 0.15) is 24.9 Å². The highest BCUT2D eigenvalue weighted by Gasteiger charge is 2.40. The molecule has 0 bridgehead atoms. The van der Waals surface area contributed by atoms with Gasteiger partial charge in [-0.15, -0.1) is 0 Å². The molecule has 2 atom stereocenters. The molecular formula is C14H16NO4-. The third-order valence-corrected chi connectivity index (χ3v) is 3.53. The van der Waals surface area contributed by atoms with Gasteiger partial charge in [-0.3, -0.25) is 4.79 Å². The molecule has 1 amide bonds. The number of rotatable bonds is 4. The van der Waals surface area contributed by atoms with Crippen LogP contribution in [0, 0.1) is 5.92 Å². The first-order valence-electron chi connectivity index (χ1n) is 6.22. The minimum Gasteiger partial charge on any atom is -0.550 e. The van der Waals surface area contributed by atoms with Crippen molar-refractivity contribution in [3.05, 3.63) is 29.8 Å². The number of hydrogen-bond acceptors (Lipinski definition) is 4. The third kappa shape index (κ3) is 2.41. The van der Waals surface area contributed by atoms with Gasteiger partial charge in [-0.25, -0.2) is 0 Å². The highest BCUT2D eigenvalue weighted by atomic mass is 16.5. The lowest BCUT2D eigenvalue weighted by molar-refractivity contribution is -0.312. The predicted octanol–water partition coefficient (Wildman–Crippen LogP) is 0.355. The van der Waals surface area contributed by atoms with Gasteiger partial charge in [-0.1, -0.05) is 12.1 Å². The first-order valence-corrected chi connectivity index (χ1v) is 6.22. The summed E-state index contributed by atoms with van der Waals surface area (Å²) < 4.78 is 5.07. The van der Waals surface area contributed by atoms with Gasteiger partial charge in [0.15, 0.2) is 0 Å². The smallest absolute Gasteiger partial charge is 0.223 e. The summed E-state index contributed by atoms with van der Waals surface area (Å²) in [5.41, 5.74) is 0.794. The van der Waals surface area contributed by atoms with Crippen LogP contribution in [0.15, 0.2) is 24.3 Å². The number of ether oxygens (including phenoxy) is 1. The molecule has 1 saturated heterocycles. The third-order valence-electron chi connectivity index (χ3n) is 3.53. The minimum absolute atomic E-state index is 0.00681. The van der Waals surface area contributed by atoms with Crippen LogP contribution < -0.4 is 9.84 Å². The van der Waals surface area contributed by atoms with E-state index >= 15 is 0 Å². The maximum absolute atomic E-state index is 11.8. The van der Waals surface area contributed by atoms with Gasteiger partial charge in [0.1, 0.15) is 5.75 Å². The average Bonchev–Trinajstić information content (AvgIpc) is 2.76. The van der Waals surface area contributed by atoms with E-state index in [1.165, 1.54) is 0 Å². The molecule has 0 aromatic heterocycles. The summed E-state index contributed by atoms with van der Waals surface area (Å²) in [7, 11) is 1.57. The summed E-state index contributed by atoms with van der Waals surface area (Å²) >= 11 is 0. The molecule has 102 valence electrons. The molecule has 5 nitrogen and oxygen atoms in total.